The number of ether oxygens (including phenoxy) is 1. The molecule has 4 nitrogen and oxygen atoms in total. The van der Waals surface area contributed by atoms with Crippen LogP contribution < -0.4 is 5.56 Å². The molecular weight excluding hydrogens is 235 g/mol. The van der Waals surface area contributed by atoms with Crippen molar-refractivity contribution in [1.82, 2.24) is 9.97 Å². The number of aromatic amines is 1. The molecule has 94 valence electrons. The van der Waals surface area contributed by atoms with Gasteiger partial charge in [0.2, 0.25) is 5.82 Å². The molecule has 0 amide bonds. The Morgan fingerprint density at radius 1 is 1.33 bits per heavy atom. The van der Waals surface area contributed by atoms with E-state index in [1.807, 2.05) is 24.3 Å². The first kappa shape index (κ1) is 12.4. The highest BCUT2D eigenvalue weighted by Crippen LogP contribution is 2.15. The zero-order valence-corrected chi connectivity index (χ0v) is 10.2. The molecule has 1 N–H and O–H groups in total. The Morgan fingerprint density at radius 2 is 2.00 bits per heavy atom. The number of hydrogen-bond acceptors (Lipinski definition) is 3. The van der Waals surface area contributed by atoms with Gasteiger partial charge < -0.3 is 9.72 Å². The summed E-state index contributed by atoms with van der Waals surface area (Å²) in [6.07, 6.45) is 0. The van der Waals surface area contributed by atoms with Crippen molar-refractivity contribution in [2.24, 2.45) is 0 Å². The van der Waals surface area contributed by atoms with E-state index >= 15 is 0 Å². The van der Waals surface area contributed by atoms with Gasteiger partial charge in [0, 0.05) is 12.7 Å². The predicted molar refractivity (Wildman–Crippen MR) is 65.7 cm³/mol. The Hall–Kier alpha value is -2.01. The molecule has 2 aromatic rings. The summed E-state index contributed by atoms with van der Waals surface area (Å²) in [5, 5.41) is 0. The number of aryl methyl sites for hydroxylation is 1. The molecule has 0 aliphatic heterocycles. The van der Waals surface area contributed by atoms with E-state index in [1.54, 1.807) is 7.11 Å². The number of nitrogens with one attached hydrogen (secondary N) is 1. The van der Waals surface area contributed by atoms with Crippen LogP contribution in [0.1, 0.15) is 11.3 Å². The number of H-pyrrole nitrogens is 1. The van der Waals surface area contributed by atoms with Gasteiger partial charge in [-0.25, -0.2) is 4.98 Å². The second-order valence-corrected chi connectivity index (χ2v) is 3.94. The van der Waals surface area contributed by atoms with Crippen LogP contribution in [0.5, 0.6) is 0 Å². The van der Waals surface area contributed by atoms with Crippen LogP contribution in [-0.2, 0) is 11.3 Å². The fraction of sp³-hybridized carbons (Fsp3) is 0.231. The normalized spacial score (nSPS) is 10.6. The largest absolute Gasteiger partial charge is 0.380 e. The van der Waals surface area contributed by atoms with Gasteiger partial charge in [-0.3, -0.25) is 4.79 Å². The van der Waals surface area contributed by atoms with E-state index in [-0.39, 0.29) is 5.69 Å². The second-order valence-electron chi connectivity index (χ2n) is 3.94. The molecule has 0 saturated heterocycles. The van der Waals surface area contributed by atoms with Crippen molar-refractivity contribution >= 4 is 0 Å². The Morgan fingerprint density at radius 3 is 2.56 bits per heavy atom. The Kier molecular flexibility index (Phi) is 3.53. The van der Waals surface area contributed by atoms with Gasteiger partial charge in [0.15, 0.2) is 0 Å². The maximum absolute atomic E-state index is 13.2. The Bertz CT molecular complexity index is 605. The van der Waals surface area contributed by atoms with Crippen LogP contribution in [0.15, 0.2) is 29.1 Å². The molecule has 18 heavy (non-hydrogen) atoms. The summed E-state index contributed by atoms with van der Waals surface area (Å²) >= 11 is 0. The van der Waals surface area contributed by atoms with E-state index < -0.39 is 11.4 Å². The third-order valence-electron chi connectivity index (χ3n) is 2.57. The quantitative estimate of drug-likeness (QED) is 0.904. The number of rotatable bonds is 3. The van der Waals surface area contributed by atoms with E-state index in [0.29, 0.717) is 12.4 Å². The zero-order valence-electron chi connectivity index (χ0n) is 10.2. The fourth-order valence-electron chi connectivity index (χ4n) is 1.63. The van der Waals surface area contributed by atoms with Crippen LogP contribution in [0.2, 0.25) is 0 Å². The highest BCUT2D eigenvalue weighted by molar-refractivity contribution is 5.55. The van der Waals surface area contributed by atoms with Crippen molar-refractivity contribution in [3.05, 3.63) is 51.7 Å². The summed E-state index contributed by atoms with van der Waals surface area (Å²) in [5.41, 5.74) is 1.09. The van der Waals surface area contributed by atoms with Gasteiger partial charge in [0.05, 0.1) is 12.3 Å². The van der Waals surface area contributed by atoms with Crippen LogP contribution in [0.4, 0.5) is 4.39 Å². The van der Waals surface area contributed by atoms with Crippen LogP contribution in [0, 0.1) is 12.7 Å². The number of nitrogens with zero attached hydrogens (tertiary/aromatic N) is 1. The van der Waals surface area contributed by atoms with Gasteiger partial charge in [-0.15, -0.1) is 0 Å². The minimum Gasteiger partial charge on any atom is -0.380 e. The van der Waals surface area contributed by atoms with E-state index in [4.69, 9.17) is 4.74 Å². The standard InChI is InChI=1S/C13H13FN2O2/c1-8-11(14)13(17)16-12(15-8)10-5-3-9(4-6-10)7-18-2/h3-6H,7H2,1-2H3,(H,15,16,17). The number of halogens is 1. The molecular formula is C13H13FN2O2. The monoisotopic (exact) mass is 248 g/mol. The lowest BCUT2D eigenvalue weighted by Gasteiger charge is -2.04. The van der Waals surface area contributed by atoms with Crippen LogP contribution in [0.25, 0.3) is 11.4 Å². The highest BCUT2D eigenvalue weighted by atomic mass is 19.1. The first-order valence-electron chi connectivity index (χ1n) is 5.46. The number of methoxy groups -OCH3 is 1. The molecule has 0 radical (unpaired) electrons. The van der Waals surface area contributed by atoms with Crippen molar-refractivity contribution in [1.29, 1.82) is 0 Å². The highest BCUT2D eigenvalue weighted by Gasteiger charge is 2.08. The summed E-state index contributed by atoms with van der Waals surface area (Å²) in [5.74, 6) is -0.474. The predicted octanol–water partition coefficient (Wildman–Crippen LogP) is 2.03. The summed E-state index contributed by atoms with van der Waals surface area (Å²) in [6, 6.07) is 7.36. The number of hydrogen-bond donors (Lipinski definition) is 1. The van der Waals surface area contributed by atoms with E-state index in [9.17, 15) is 9.18 Å². The lowest BCUT2D eigenvalue weighted by molar-refractivity contribution is 0.185. The topological polar surface area (TPSA) is 55.0 Å². The maximum atomic E-state index is 13.2. The molecule has 1 aromatic heterocycles. The molecule has 0 atom stereocenters. The summed E-state index contributed by atoms with van der Waals surface area (Å²) in [4.78, 5) is 17.7. The maximum Gasteiger partial charge on any atom is 0.287 e. The molecule has 0 bridgehead atoms. The number of benzene rings is 1. The first-order valence-corrected chi connectivity index (χ1v) is 5.46. The van der Waals surface area contributed by atoms with Gasteiger partial charge in [-0.05, 0) is 12.5 Å². The second kappa shape index (κ2) is 5.10. The van der Waals surface area contributed by atoms with E-state index in [1.165, 1.54) is 6.92 Å². The molecule has 2 rings (SSSR count). The molecule has 0 unspecified atom stereocenters. The minimum absolute atomic E-state index is 0.0923. The van der Waals surface area contributed by atoms with Crippen molar-refractivity contribution in [2.45, 2.75) is 13.5 Å². The Balaban J connectivity index is 2.40. The van der Waals surface area contributed by atoms with Gasteiger partial charge in [-0.2, -0.15) is 4.39 Å². The third-order valence-corrected chi connectivity index (χ3v) is 2.57. The van der Waals surface area contributed by atoms with Crippen molar-refractivity contribution in [3.8, 4) is 11.4 Å². The summed E-state index contributed by atoms with van der Waals surface area (Å²) in [6.45, 7) is 1.99. The molecule has 5 heteroatoms. The Labute approximate surface area is 103 Å². The van der Waals surface area contributed by atoms with Gasteiger partial charge in [0.25, 0.3) is 5.56 Å². The summed E-state index contributed by atoms with van der Waals surface area (Å²) < 4.78 is 18.2. The fourth-order valence-corrected chi connectivity index (χ4v) is 1.63. The lowest BCUT2D eigenvalue weighted by Crippen LogP contribution is -2.15. The molecule has 1 heterocycles. The number of aromatic nitrogens is 2. The summed E-state index contributed by atoms with van der Waals surface area (Å²) in [7, 11) is 1.62. The molecule has 1 aromatic carbocycles. The van der Waals surface area contributed by atoms with Gasteiger partial charge in [-0.1, -0.05) is 24.3 Å². The van der Waals surface area contributed by atoms with E-state index in [2.05, 4.69) is 9.97 Å². The molecule has 0 spiro atoms. The van der Waals surface area contributed by atoms with Crippen LogP contribution in [0.3, 0.4) is 0 Å². The van der Waals surface area contributed by atoms with Gasteiger partial charge in [0.1, 0.15) is 5.82 Å². The van der Waals surface area contributed by atoms with Crippen molar-refractivity contribution in [2.75, 3.05) is 7.11 Å². The van der Waals surface area contributed by atoms with Crippen LogP contribution in [-0.4, -0.2) is 17.1 Å². The SMILES string of the molecule is COCc1ccc(-c2nc(C)c(F)c(=O)[nH]2)cc1. The molecule has 0 saturated carbocycles. The molecule has 0 aliphatic rings. The van der Waals surface area contributed by atoms with E-state index in [0.717, 1.165) is 11.1 Å². The first-order chi connectivity index (χ1) is 8.61. The smallest absolute Gasteiger partial charge is 0.287 e. The third kappa shape index (κ3) is 2.46. The zero-order chi connectivity index (χ0) is 13.1. The molecule has 0 aliphatic carbocycles. The lowest BCUT2D eigenvalue weighted by atomic mass is 10.1. The van der Waals surface area contributed by atoms with Crippen molar-refractivity contribution < 1.29 is 9.13 Å². The average molecular weight is 248 g/mol. The molecule has 0 fully saturated rings. The minimum atomic E-state index is -0.838. The van der Waals surface area contributed by atoms with Crippen LogP contribution >= 0.6 is 0 Å². The van der Waals surface area contributed by atoms with Crippen molar-refractivity contribution in [3.63, 3.8) is 0 Å². The van der Waals surface area contributed by atoms with Gasteiger partial charge >= 0.3 is 0 Å². The average Bonchev–Trinajstić information content (AvgIpc) is 2.37.